The summed E-state index contributed by atoms with van der Waals surface area (Å²) in [4.78, 5) is 16.7. The van der Waals surface area contributed by atoms with Crippen LogP contribution in [0, 0.1) is 0 Å². The van der Waals surface area contributed by atoms with E-state index in [9.17, 15) is 9.90 Å². The zero-order chi connectivity index (χ0) is 15.9. The molecule has 2 fully saturated rings. The minimum atomic E-state index is -0.471. The van der Waals surface area contributed by atoms with Crippen molar-refractivity contribution in [3.05, 3.63) is 24.1 Å². The van der Waals surface area contributed by atoms with Gasteiger partial charge < -0.3 is 20.2 Å². The largest absolute Gasteiger partial charge is 0.440 e. The Labute approximate surface area is 134 Å². The van der Waals surface area contributed by atoms with E-state index in [1.165, 1.54) is 0 Å². The third kappa shape index (κ3) is 2.91. The van der Waals surface area contributed by atoms with Crippen LogP contribution in [0.5, 0.6) is 0 Å². The molecule has 0 spiro atoms. The van der Waals surface area contributed by atoms with Crippen LogP contribution < -0.4 is 10.6 Å². The highest BCUT2D eigenvalue weighted by Crippen LogP contribution is 2.40. The van der Waals surface area contributed by atoms with Gasteiger partial charge in [-0.05, 0) is 43.9 Å². The molecule has 2 saturated carbocycles. The molecule has 2 aliphatic rings. The molecule has 2 amide bonds. The molecule has 2 aromatic rings. The number of anilines is 1. The number of benzene rings is 1. The lowest BCUT2D eigenvalue weighted by atomic mass is 9.99. The summed E-state index contributed by atoms with van der Waals surface area (Å²) in [5.74, 6) is 1.26. The zero-order valence-electron chi connectivity index (χ0n) is 13.0. The van der Waals surface area contributed by atoms with Crippen LogP contribution in [-0.2, 0) is 0 Å². The van der Waals surface area contributed by atoms with E-state index in [1.54, 1.807) is 0 Å². The van der Waals surface area contributed by atoms with E-state index < -0.39 is 5.54 Å². The summed E-state index contributed by atoms with van der Waals surface area (Å²) in [5.41, 5.74) is 1.72. The first kappa shape index (κ1) is 14.5. The molecular weight excluding hydrogens is 294 g/mol. The Morgan fingerprint density at radius 2 is 2.13 bits per heavy atom. The Morgan fingerprint density at radius 3 is 2.83 bits per heavy atom. The van der Waals surface area contributed by atoms with Crippen molar-refractivity contribution in [2.45, 2.75) is 50.0 Å². The Kier molecular flexibility index (Phi) is 3.49. The average molecular weight is 315 g/mol. The van der Waals surface area contributed by atoms with Crippen molar-refractivity contribution in [3.8, 4) is 0 Å². The van der Waals surface area contributed by atoms with Crippen LogP contribution in [0.15, 0.2) is 22.6 Å². The number of aliphatic hydroxyl groups is 1. The second-order valence-electron chi connectivity index (χ2n) is 6.73. The lowest BCUT2D eigenvalue weighted by Gasteiger charge is -2.27. The van der Waals surface area contributed by atoms with Gasteiger partial charge in [0.15, 0.2) is 11.5 Å². The third-order valence-corrected chi connectivity index (χ3v) is 4.83. The van der Waals surface area contributed by atoms with Crippen molar-refractivity contribution in [2.24, 2.45) is 0 Å². The molecule has 1 aromatic carbocycles. The highest BCUT2D eigenvalue weighted by Gasteiger charge is 2.34. The summed E-state index contributed by atoms with van der Waals surface area (Å²) < 4.78 is 5.72. The number of nitrogens with zero attached hydrogens (tertiary/aromatic N) is 1. The molecule has 1 heterocycles. The summed E-state index contributed by atoms with van der Waals surface area (Å²) in [7, 11) is 0. The number of hydrogen-bond donors (Lipinski definition) is 3. The number of rotatable bonds is 4. The van der Waals surface area contributed by atoms with Gasteiger partial charge in [-0.25, -0.2) is 9.78 Å². The van der Waals surface area contributed by atoms with Gasteiger partial charge in [0, 0.05) is 11.6 Å². The fourth-order valence-electron chi connectivity index (χ4n) is 3.31. The maximum atomic E-state index is 12.2. The van der Waals surface area contributed by atoms with Crippen LogP contribution in [0.2, 0.25) is 0 Å². The molecule has 6 heteroatoms. The quantitative estimate of drug-likeness (QED) is 0.809. The minimum Gasteiger partial charge on any atom is -0.440 e. The number of nitrogens with one attached hydrogen (secondary N) is 2. The Balaban J connectivity index is 1.47. The molecule has 1 aromatic heterocycles. The lowest BCUT2D eigenvalue weighted by Crippen LogP contribution is -2.50. The minimum absolute atomic E-state index is 0.0203. The number of aliphatic hydroxyl groups excluding tert-OH is 1. The number of carbonyl (C=O) groups excluding carboxylic acids is 1. The zero-order valence-corrected chi connectivity index (χ0v) is 13.0. The molecule has 0 radical (unpaired) electrons. The number of hydrogen-bond acceptors (Lipinski definition) is 4. The molecule has 0 unspecified atom stereocenters. The van der Waals surface area contributed by atoms with Crippen molar-refractivity contribution in [3.63, 3.8) is 0 Å². The third-order valence-electron chi connectivity index (χ3n) is 4.83. The van der Waals surface area contributed by atoms with E-state index >= 15 is 0 Å². The predicted molar refractivity (Wildman–Crippen MR) is 86.4 cm³/mol. The predicted octanol–water partition coefficient (Wildman–Crippen LogP) is 3.13. The molecule has 122 valence electrons. The number of oxazole rings is 1. The van der Waals surface area contributed by atoms with Gasteiger partial charge in [0.25, 0.3) is 0 Å². The molecule has 4 rings (SSSR count). The first-order valence-corrected chi connectivity index (χ1v) is 8.28. The SMILES string of the molecule is O=C(Nc1ccc2oc(C3CC3)nc2c1)NC1(CO)CCCC1. The Morgan fingerprint density at radius 1 is 1.35 bits per heavy atom. The molecule has 6 nitrogen and oxygen atoms in total. The average Bonchev–Trinajstić information content (AvgIpc) is 3.14. The molecule has 0 bridgehead atoms. The Hall–Kier alpha value is -2.08. The molecule has 0 aliphatic heterocycles. The summed E-state index contributed by atoms with van der Waals surface area (Å²) in [6.45, 7) is -0.0203. The summed E-state index contributed by atoms with van der Waals surface area (Å²) in [6.07, 6.45) is 6.01. The molecule has 0 atom stereocenters. The first-order chi connectivity index (χ1) is 11.2. The van der Waals surface area contributed by atoms with E-state index in [0.29, 0.717) is 11.6 Å². The van der Waals surface area contributed by atoms with Crippen LogP contribution in [0.3, 0.4) is 0 Å². The van der Waals surface area contributed by atoms with Crippen LogP contribution in [-0.4, -0.2) is 28.3 Å². The van der Waals surface area contributed by atoms with E-state index in [4.69, 9.17) is 4.42 Å². The number of carbonyl (C=O) groups is 1. The molecular formula is C17H21N3O3. The normalized spacial score (nSPS) is 19.9. The van der Waals surface area contributed by atoms with Gasteiger partial charge in [-0.3, -0.25) is 0 Å². The van der Waals surface area contributed by atoms with Gasteiger partial charge in [-0.1, -0.05) is 12.8 Å². The van der Waals surface area contributed by atoms with Gasteiger partial charge in [-0.2, -0.15) is 0 Å². The van der Waals surface area contributed by atoms with Crippen molar-refractivity contribution >= 4 is 22.8 Å². The maximum absolute atomic E-state index is 12.2. The second kappa shape index (κ2) is 5.53. The van der Waals surface area contributed by atoms with Gasteiger partial charge in [0.2, 0.25) is 0 Å². The van der Waals surface area contributed by atoms with Gasteiger partial charge in [0.1, 0.15) is 5.52 Å². The van der Waals surface area contributed by atoms with Crippen molar-refractivity contribution in [1.82, 2.24) is 10.3 Å². The summed E-state index contributed by atoms with van der Waals surface area (Å²) >= 11 is 0. The number of aromatic nitrogens is 1. The highest BCUT2D eigenvalue weighted by atomic mass is 16.3. The fourth-order valence-corrected chi connectivity index (χ4v) is 3.31. The van der Waals surface area contributed by atoms with E-state index in [2.05, 4.69) is 15.6 Å². The molecule has 0 saturated heterocycles. The van der Waals surface area contributed by atoms with Gasteiger partial charge >= 0.3 is 6.03 Å². The fraction of sp³-hybridized carbons (Fsp3) is 0.529. The number of fused-ring (bicyclic) bond motifs is 1. The molecule has 3 N–H and O–H groups in total. The first-order valence-electron chi connectivity index (χ1n) is 8.28. The monoisotopic (exact) mass is 315 g/mol. The van der Waals surface area contributed by atoms with E-state index in [0.717, 1.165) is 55.5 Å². The van der Waals surface area contributed by atoms with E-state index in [-0.39, 0.29) is 12.6 Å². The molecule has 23 heavy (non-hydrogen) atoms. The topological polar surface area (TPSA) is 87.4 Å². The van der Waals surface area contributed by atoms with Crippen molar-refractivity contribution < 1.29 is 14.3 Å². The smallest absolute Gasteiger partial charge is 0.319 e. The van der Waals surface area contributed by atoms with Crippen LogP contribution in [0.25, 0.3) is 11.1 Å². The summed E-state index contributed by atoms with van der Waals surface area (Å²) in [5, 5.41) is 15.3. The van der Waals surface area contributed by atoms with Crippen LogP contribution >= 0.6 is 0 Å². The second-order valence-corrected chi connectivity index (χ2v) is 6.73. The van der Waals surface area contributed by atoms with Gasteiger partial charge in [0.05, 0.1) is 12.1 Å². The standard InChI is InChI=1S/C17H21N3O3/c21-10-17(7-1-2-8-17)20-16(22)18-12-5-6-14-13(9-12)19-15(23-14)11-3-4-11/h5-6,9,11,21H,1-4,7-8,10H2,(H2,18,20,22). The van der Waals surface area contributed by atoms with Crippen LogP contribution in [0.1, 0.15) is 50.3 Å². The van der Waals surface area contributed by atoms with Gasteiger partial charge in [-0.15, -0.1) is 0 Å². The van der Waals surface area contributed by atoms with Crippen LogP contribution in [0.4, 0.5) is 10.5 Å². The lowest BCUT2D eigenvalue weighted by molar-refractivity contribution is 0.167. The highest BCUT2D eigenvalue weighted by molar-refractivity contribution is 5.92. The van der Waals surface area contributed by atoms with Crippen molar-refractivity contribution in [1.29, 1.82) is 0 Å². The molecule has 2 aliphatic carbocycles. The Bertz CT molecular complexity index is 730. The number of amides is 2. The van der Waals surface area contributed by atoms with E-state index in [1.807, 2.05) is 18.2 Å². The maximum Gasteiger partial charge on any atom is 0.319 e. The number of urea groups is 1. The van der Waals surface area contributed by atoms with Crippen molar-refractivity contribution in [2.75, 3.05) is 11.9 Å². The summed E-state index contributed by atoms with van der Waals surface area (Å²) in [6, 6.07) is 5.18.